The third kappa shape index (κ3) is 4.91. The molecular weight excluding hydrogens is 388 g/mol. The van der Waals surface area contributed by atoms with Crippen molar-refractivity contribution in [2.75, 3.05) is 49.1 Å². The summed E-state index contributed by atoms with van der Waals surface area (Å²) in [5, 5.41) is 10.9. The number of nitrogens with zero attached hydrogens (tertiary/aromatic N) is 4. The molecule has 0 bridgehead atoms. The summed E-state index contributed by atoms with van der Waals surface area (Å²) in [4.78, 5) is 23.7. The third-order valence-corrected chi connectivity index (χ3v) is 6.68. The maximum atomic E-state index is 12.6. The molecule has 1 fully saturated rings. The summed E-state index contributed by atoms with van der Waals surface area (Å²) in [6.07, 6.45) is 4.09. The van der Waals surface area contributed by atoms with Crippen LogP contribution in [0.2, 0.25) is 0 Å². The van der Waals surface area contributed by atoms with E-state index in [-0.39, 0.29) is 11.8 Å². The molecule has 0 unspecified atom stereocenters. The Kier molecular flexibility index (Phi) is 6.88. The van der Waals surface area contributed by atoms with Crippen molar-refractivity contribution >= 4 is 17.4 Å². The third-order valence-electron chi connectivity index (χ3n) is 6.68. The number of aliphatic hydroxyl groups excluding tert-OH is 1. The van der Waals surface area contributed by atoms with E-state index in [2.05, 4.69) is 33.8 Å². The molecule has 1 amide bonds. The Bertz CT molecular complexity index is 888. The van der Waals surface area contributed by atoms with E-state index in [0.29, 0.717) is 6.54 Å². The fourth-order valence-electron chi connectivity index (χ4n) is 4.57. The normalized spacial score (nSPS) is 19.1. The predicted molar refractivity (Wildman–Crippen MR) is 124 cm³/mol. The van der Waals surface area contributed by atoms with Gasteiger partial charge < -0.3 is 14.9 Å². The van der Waals surface area contributed by atoms with Crippen LogP contribution in [0.5, 0.6) is 0 Å². The van der Waals surface area contributed by atoms with Crippen molar-refractivity contribution in [2.45, 2.75) is 39.2 Å². The van der Waals surface area contributed by atoms with Crippen molar-refractivity contribution < 1.29 is 9.90 Å². The molecule has 2 aromatic rings. The minimum atomic E-state index is -0.522. The summed E-state index contributed by atoms with van der Waals surface area (Å²) in [7, 11) is 0. The van der Waals surface area contributed by atoms with Gasteiger partial charge in [0.15, 0.2) is 0 Å². The highest BCUT2D eigenvalue weighted by atomic mass is 16.3. The fraction of sp³-hybridized carbons (Fsp3) is 0.520. The minimum absolute atomic E-state index is 0.0462. The molecule has 166 valence electrons. The van der Waals surface area contributed by atoms with Gasteiger partial charge in [0.2, 0.25) is 5.91 Å². The van der Waals surface area contributed by atoms with Gasteiger partial charge in [0, 0.05) is 57.1 Å². The lowest BCUT2D eigenvalue weighted by Crippen LogP contribution is -2.34. The van der Waals surface area contributed by atoms with Crippen molar-refractivity contribution in [1.29, 1.82) is 0 Å². The van der Waals surface area contributed by atoms with Gasteiger partial charge in [0.1, 0.15) is 5.82 Å². The number of amides is 1. The number of pyridine rings is 1. The highest BCUT2D eigenvalue weighted by Crippen LogP contribution is 2.32. The van der Waals surface area contributed by atoms with Crippen molar-refractivity contribution in [3.05, 3.63) is 53.7 Å². The van der Waals surface area contributed by atoms with E-state index in [4.69, 9.17) is 0 Å². The maximum Gasteiger partial charge on any atom is 0.229 e. The van der Waals surface area contributed by atoms with E-state index in [1.165, 1.54) is 5.56 Å². The first-order valence-electron chi connectivity index (χ1n) is 11.6. The topological polar surface area (TPSA) is 59.9 Å². The quantitative estimate of drug-likeness (QED) is 0.774. The van der Waals surface area contributed by atoms with Gasteiger partial charge in [-0.05, 0) is 48.6 Å². The van der Waals surface area contributed by atoms with E-state index in [1.807, 2.05) is 42.3 Å². The summed E-state index contributed by atoms with van der Waals surface area (Å²) in [6.45, 7) is 9.21. The van der Waals surface area contributed by atoms with E-state index in [1.54, 1.807) is 0 Å². The molecule has 2 atom stereocenters. The molecule has 2 aliphatic rings. The van der Waals surface area contributed by atoms with E-state index in [0.717, 1.165) is 69.1 Å². The van der Waals surface area contributed by atoms with Crippen LogP contribution in [0.15, 0.2) is 42.6 Å². The molecule has 31 heavy (non-hydrogen) atoms. The van der Waals surface area contributed by atoms with Crippen LogP contribution in [0.4, 0.5) is 11.5 Å². The van der Waals surface area contributed by atoms with Crippen LogP contribution >= 0.6 is 0 Å². The molecule has 0 saturated carbocycles. The molecule has 3 heterocycles. The molecule has 0 aliphatic carbocycles. The van der Waals surface area contributed by atoms with Gasteiger partial charge in [-0.3, -0.25) is 9.69 Å². The number of benzene rings is 1. The number of hydrogen-bond acceptors (Lipinski definition) is 5. The molecule has 0 spiro atoms. The Balaban J connectivity index is 1.37. The number of aromatic nitrogens is 1. The monoisotopic (exact) mass is 422 g/mol. The Morgan fingerprint density at radius 3 is 2.77 bits per heavy atom. The molecule has 4 rings (SSSR count). The Morgan fingerprint density at radius 1 is 1.13 bits per heavy atom. The van der Waals surface area contributed by atoms with Gasteiger partial charge in [-0.2, -0.15) is 0 Å². The molecule has 1 aromatic carbocycles. The zero-order valence-corrected chi connectivity index (χ0v) is 18.7. The molecule has 1 saturated heterocycles. The number of anilines is 2. The number of aliphatic hydroxyl groups is 1. The van der Waals surface area contributed by atoms with Crippen molar-refractivity contribution in [2.24, 2.45) is 5.92 Å². The second kappa shape index (κ2) is 9.79. The Morgan fingerprint density at radius 2 is 2.00 bits per heavy atom. The van der Waals surface area contributed by atoms with E-state index >= 15 is 0 Å². The zero-order valence-electron chi connectivity index (χ0n) is 18.7. The lowest BCUT2D eigenvalue weighted by molar-refractivity contribution is -0.121. The van der Waals surface area contributed by atoms with Gasteiger partial charge in [-0.1, -0.05) is 32.0 Å². The number of rotatable bonds is 6. The highest BCUT2D eigenvalue weighted by molar-refractivity contribution is 5.96. The molecule has 6 heteroatoms. The largest absolute Gasteiger partial charge is 0.387 e. The number of carbonyl (C=O) groups is 1. The summed E-state index contributed by atoms with van der Waals surface area (Å²) in [6, 6.07) is 12.1. The first-order chi connectivity index (χ1) is 15.1. The van der Waals surface area contributed by atoms with Crippen LogP contribution < -0.4 is 9.80 Å². The second-order valence-electron chi connectivity index (χ2n) is 8.78. The lowest BCUT2D eigenvalue weighted by Gasteiger charge is -2.25. The fourth-order valence-corrected chi connectivity index (χ4v) is 4.57. The van der Waals surface area contributed by atoms with Gasteiger partial charge in [-0.25, -0.2) is 4.98 Å². The Hall–Kier alpha value is -2.44. The van der Waals surface area contributed by atoms with Gasteiger partial charge in [0.25, 0.3) is 0 Å². The summed E-state index contributed by atoms with van der Waals surface area (Å²) in [5.74, 6) is 1.28. The molecule has 2 aliphatic heterocycles. The zero-order chi connectivity index (χ0) is 21.8. The van der Waals surface area contributed by atoms with Gasteiger partial charge in [0.05, 0.1) is 6.10 Å². The van der Waals surface area contributed by atoms with Crippen LogP contribution in [0.25, 0.3) is 0 Å². The first-order valence-corrected chi connectivity index (χ1v) is 11.6. The smallest absolute Gasteiger partial charge is 0.229 e. The van der Waals surface area contributed by atoms with Crippen LogP contribution in [0.3, 0.4) is 0 Å². The van der Waals surface area contributed by atoms with Crippen molar-refractivity contribution in [3.63, 3.8) is 0 Å². The number of β-amino-alcohol motifs (C(OH)–C–C–N with tert-alkyl or cyclic N) is 1. The van der Waals surface area contributed by atoms with Gasteiger partial charge in [-0.15, -0.1) is 0 Å². The van der Waals surface area contributed by atoms with Crippen LogP contribution in [0.1, 0.15) is 43.9 Å². The van der Waals surface area contributed by atoms with Gasteiger partial charge >= 0.3 is 0 Å². The summed E-state index contributed by atoms with van der Waals surface area (Å²) in [5.41, 5.74) is 3.13. The van der Waals surface area contributed by atoms with Crippen molar-refractivity contribution in [3.8, 4) is 0 Å². The average molecular weight is 423 g/mol. The number of carbonyl (C=O) groups excluding carboxylic acids is 1. The molecular formula is C25H34N4O2. The van der Waals surface area contributed by atoms with Crippen molar-refractivity contribution in [1.82, 2.24) is 9.88 Å². The number of fused-ring (bicyclic) bond motifs is 1. The average Bonchev–Trinajstić information content (AvgIpc) is 3.09. The molecule has 1 aromatic heterocycles. The Labute approximate surface area is 185 Å². The minimum Gasteiger partial charge on any atom is -0.387 e. The first kappa shape index (κ1) is 21.8. The lowest BCUT2D eigenvalue weighted by atomic mass is 10.0. The molecule has 0 radical (unpaired) electrons. The van der Waals surface area contributed by atoms with Crippen LogP contribution in [-0.4, -0.2) is 60.2 Å². The maximum absolute atomic E-state index is 12.6. The molecule has 6 nitrogen and oxygen atoms in total. The van der Waals surface area contributed by atoms with E-state index in [9.17, 15) is 9.90 Å². The molecule has 1 N–H and O–H groups in total. The van der Waals surface area contributed by atoms with E-state index < -0.39 is 6.10 Å². The highest BCUT2D eigenvalue weighted by Gasteiger charge is 2.28. The summed E-state index contributed by atoms with van der Waals surface area (Å²) < 4.78 is 0. The van der Waals surface area contributed by atoms with Crippen LogP contribution in [-0.2, 0) is 11.2 Å². The van der Waals surface area contributed by atoms with Crippen LogP contribution in [0, 0.1) is 5.92 Å². The standard InChI is InChI=1S/C25H34N4O2/c1-3-19(2)25(31)29-14-10-20-17-21(8-9-22(20)29)23(30)18-27-12-6-13-28(16-15-27)24-7-4-5-11-26-24/h4-5,7-9,11,17,19,23,30H,3,6,10,12-16,18H2,1-2H3/t19-,23-/m0/s1. The predicted octanol–water partition coefficient (Wildman–Crippen LogP) is 3.26. The summed E-state index contributed by atoms with van der Waals surface area (Å²) >= 11 is 0. The number of hydrogen-bond donors (Lipinski definition) is 1. The SMILES string of the molecule is CC[C@H](C)C(=O)N1CCc2cc([C@@H](O)CN3CCCN(c4ccccn4)CC3)ccc21. The second-order valence-corrected chi connectivity index (χ2v) is 8.78.